The largest absolute Gasteiger partial charge is 0.329 e. The topological polar surface area (TPSA) is 41.1 Å². The molecule has 5 heteroatoms. The Morgan fingerprint density at radius 3 is 2.79 bits per heavy atom. The van der Waals surface area contributed by atoms with Gasteiger partial charge in [0.1, 0.15) is 18.0 Å². The molecule has 2 aromatic rings. The first-order chi connectivity index (χ1) is 9.25. The van der Waals surface area contributed by atoms with Gasteiger partial charge in [-0.25, -0.2) is 14.4 Å². The molecule has 1 aromatic heterocycles. The van der Waals surface area contributed by atoms with E-state index < -0.39 is 0 Å². The van der Waals surface area contributed by atoms with Crippen molar-refractivity contribution in [2.75, 3.05) is 18.5 Å². The molecule has 0 atom stereocenters. The van der Waals surface area contributed by atoms with Crippen molar-refractivity contribution >= 4 is 11.5 Å². The monoisotopic (exact) mass is 258 g/mol. The Morgan fingerprint density at radius 2 is 2.00 bits per heavy atom. The molecular formula is C14H15FN4. The van der Waals surface area contributed by atoms with Gasteiger partial charge < -0.3 is 10.2 Å². The molecule has 3 rings (SSSR count). The van der Waals surface area contributed by atoms with Crippen molar-refractivity contribution in [3.05, 3.63) is 47.7 Å². The second kappa shape index (κ2) is 4.93. The lowest BCUT2D eigenvalue weighted by Gasteiger charge is -2.25. The van der Waals surface area contributed by atoms with Crippen molar-refractivity contribution in [3.63, 3.8) is 0 Å². The number of fused-ring (bicyclic) bond motifs is 1. The van der Waals surface area contributed by atoms with Crippen molar-refractivity contribution < 1.29 is 4.39 Å². The molecule has 19 heavy (non-hydrogen) atoms. The van der Waals surface area contributed by atoms with E-state index in [4.69, 9.17) is 0 Å². The van der Waals surface area contributed by atoms with Gasteiger partial charge in [-0.3, -0.25) is 0 Å². The Labute approximate surface area is 111 Å². The zero-order chi connectivity index (χ0) is 13.2. The van der Waals surface area contributed by atoms with Gasteiger partial charge in [-0.05, 0) is 24.3 Å². The zero-order valence-electron chi connectivity index (χ0n) is 10.7. The van der Waals surface area contributed by atoms with E-state index in [2.05, 4.69) is 15.3 Å². The van der Waals surface area contributed by atoms with Crippen LogP contribution in [0.25, 0.3) is 0 Å². The Hall–Kier alpha value is -2.01. The first kappa shape index (κ1) is 12.0. The second-order valence-electron chi connectivity index (χ2n) is 4.58. The number of hydrogen-bond acceptors (Lipinski definition) is 4. The SMILES string of the molecule is CN(c1ccc(F)cc1)c1ncnc2c1CNCC2. The number of hydrogen-bond donors (Lipinski definition) is 1. The summed E-state index contributed by atoms with van der Waals surface area (Å²) in [4.78, 5) is 10.7. The van der Waals surface area contributed by atoms with Gasteiger partial charge in [0.15, 0.2) is 0 Å². The molecule has 0 bridgehead atoms. The third-order valence-corrected chi connectivity index (χ3v) is 3.38. The number of nitrogens with one attached hydrogen (secondary N) is 1. The summed E-state index contributed by atoms with van der Waals surface area (Å²) in [5.74, 6) is 0.646. The minimum absolute atomic E-state index is 0.233. The van der Waals surface area contributed by atoms with Crippen LogP contribution in [0.15, 0.2) is 30.6 Å². The van der Waals surface area contributed by atoms with E-state index in [1.165, 1.54) is 12.1 Å². The summed E-state index contributed by atoms with van der Waals surface area (Å²) in [5, 5.41) is 3.33. The zero-order valence-corrected chi connectivity index (χ0v) is 10.7. The van der Waals surface area contributed by atoms with Crippen molar-refractivity contribution in [3.8, 4) is 0 Å². The first-order valence-corrected chi connectivity index (χ1v) is 6.28. The van der Waals surface area contributed by atoms with Gasteiger partial charge in [-0.1, -0.05) is 0 Å². The van der Waals surface area contributed by atoms with Crippen molar-refractivity contribution in [2.45, 2.75) is 13.0 Å². The van der Waals surface area contributed by atoms with E-state index >= 15 is 0 Å². The molecule has 0 saturated carbocycles. The highest BCUT2D eigenvalue weighted by atomic mass is 19.1. The summed E-state index contributed by atoms with van der Waals surface area (Å²) in [6.45, 7) is 1.72. The van der Waals surface area contributed by atoms with Crippen molar-refractivity contribution in [2.24, 2.45) is 0 Å². The van der Waals surface area contributed by atoms with Crippen LogP contribution < -0.4 is 10.2 Å². The highest BCUT2D eigenvalue weighted by Gasteiger charge is 2.18. The molecular weight excluding hydrogens is 243 g/mol. The standard InChI is InChI=1S/C14H15FN4/c1-19(11-4-2-10(15)3-5-11)14-12-8-16-7-6-13(12)17-9-18-14/h2-5,9,16H,6-8H2,1H3. The Kier molecular flexibility index (Phi) is 3.13. The minimum Gasteiger partial charge on any atom is -0.329 e. The van der Waals surface area contributed by atoms with E-state index in [-0.39, 0.29) is 5.82 Å². The fourth-order valence-corrected chi connectivity index (χ4v) is 2.33. The lowest BCUT2D eigenvalue weighted by atomic mass is 10.1. The summed E-state index contributed by atoms with van der Waals surface area (Å²) >= 11 is 0. The summed E-state index contributed by atoms with van der Waals surface area (Å²) < 4.78 is 13.0. The Balaban J connectivity index is 1.99. The molecule has 2 heterocycles. The number of nitrogens with zero attached hydrogens (tertiary/aromatic N) is 3. The van der Waals surface area contributed by atoms with Crippen LogP contribution in [0.1, 0.15) is 11.3 Å². The fraction of sp³-hybridized carbons (Fsp3) is 0.286. The van der Waals surface area contributed by atoms with Gasteiger partial charge in [0.25, 0.3) is 0 Å². The van der Waals surface area contributed by atoms with Crippen LogP contribution >= 0.6 is 0 Å². The number of aromatic nitrogens is 2. The maximum absolute atomic E-state index is 13.0. The average Bonchev–Trinajstić information content (AvgIpc) is 2.47. The number of anilines is 2. The molecule has 98 valence electrons. The van der Waals surface area contributed by atoms with Crippen LogP contribution in [0.2, 0.25) is 0 Å². The van der Waals surface area contributed by atoms with Gasteiger partial charge in [0, 0.05) is 37.8 Å². The first-order valence-electron chi connectivity index (χ1n) is 6.28. The van der Waals surface area contributed by atoms with Gasteiger partial charge >= 0.3 is 0 Å². The third-order valence-electron chi connectivity index (χ3n) is 3.38. The summed E-state index contributed by atoms with van der Waals surface area (Å²) in [6, 6.07) is 6.41. The molecule has 1 N–H and O–H groups in total. The normalized spacial score (nSPS) is 14.0. The maximum Gasteiger partial charge on any atom is 0.140 e. The van der Waals surface area contributed by atoms with Crippen LogP contribution in [-0.2, 0) is 13.0 Å². The van der Waals surface area contributed by atoms with Crippen LogP contribution in [0.5, 0.6) is 0 Å². The number of rotatable bonds is 2. The Bertz CT molecular complexity index is 582. The summed E-state index contributed by atoms with van der Waals surface area (Å²) in [5.41, 5.74) is 3.13. The van der Waals surface area contributed by atoms with Gasteiger partial charge in [0.2, 0.25) is 0 Å². The molecule has 0 radical (unpaired) electrons. The minimum atomic E-state index is -0.233. The van der Waals surface area contributed by atoms with E-state index in [1.807, 2.05) is 11.9 Å². The quantitative estimate of drug-likeness (QED) is 0.895. The molecule has 0 aliphatic carbocycles. The van der Waals surface area contributed by atoms with Gasteiger partial charge in [-0.2, -0.15) is 0 Å². The molecule has 1 aliphatic heterocycles. The van der Waals surface area contributed by atoms with Crippen molar-refractivity contribution in [1.82, 2.24) is 15.3 Å². The molecule has 0 amide bonds. The average molecular weight is 258 g/mol. The number of benzene rings is 1. The van der Waals surface area contributed by atoms with Crippen LogP contribution in [0, 0.1) is 5.82 Å². The Morgan fingerprint density at radius 1 is 1.21 bits per heavy atom. The van der Waals surface area contributed by atoms with Gasteiger partial charge in [-0.15, -0.1) is 0 Å². The molecule has 1 aromatic carbocycles. The summed E-state index contributed by atoms with van der Waals surface area (Å²) in [6.07, 6.45) is 2.52. The summed E-state index contributed by atoms with van der Waals surface area (Å²) in [7, 11) is 1.93. The fourth-order valence-electron chi connectivity index (χ4n) is 2.33. The number of halogens is 1. The van der Waals surface area contributed by atoms with E-state index in [0.717, 1.165) is 42.3 Å². The van der Waals surface area contributed by atoms with Crippen LogP contribution in [0.3, 0.4) is 0 Å². The van der Waals surface area contributed by atoms with Crippen LogP contribution in [0.4, 0.5) is 15.9 Å². The molecule has 0 spiro atoms. The smallest absolute Gasteiger partial charge is 0.140 e. The lowest BCUT2D eigenvalue weighted by Crippen LogP contribution is -2.27. The van der Waals surface area contributed by atoms with Crippen molar-refractivity contribution in [1.29, 1.82) is 0 Å². The molecule has 0 fully saturated rings. The highest BCUT2D eigenvalue weighted by molar-refractivity contribution is 5.62. The molecule has 0 unspecified atom stereocenters. The van der Waals surface area contributed by atoms with E-state index in [9.17, 15) is 4.39 Å². The highest BCUT2D eigenvalue weighted by Crippen LogP contribution is 2.27. The predicted molar refractivity (Wildman–Crippen MR) is 71.9 cm³/mol. The second-order valence-corrected chi connectivity index (χ2v) is 4.58. The maximum atomic E-state index is 13.0. The van der Waals surface area contributed by atoms with Gasteiger partial charge in [0.05, 0.1) is 5.69 Å². The van der Waals surface area contributed by atoms with E-state index in [0.29, 0.717) is 0 Å². The predicted octanol–water partition coefficient (Wildman–Crippen LogP) is 2.03. The lowest BCUT2D eigenvalue weighted by molar-refractivity contribution is 0.624. The molecule has 0 saturated heterocycles. The third kappa shape index (κ3) is 2.29. The molecule has 4 nitrogen and oxygen atoms in total. The van der Waals surface area contributed by atoms with E-state index in [1.54, 1.807) is 18.5 Å². The van der Waals surface area contributed by atoms with Crippen LogP contribution in [-0.4, -0.2) is 23.6 Å². The molecule has 1 aliphatic rings.